The molecule has 2 aromatic carbocycles. The first kappa shape index (κ1) is 12.1. The molecule has 0 spiro atoms. The Morgan fingerprint density at radius 2 is 1.56 bits per heavy atom. The molecule has 2 rings (SSSR count). The summed E-state index contributed by atoms with van der Waals surface area (Å²) < 4.78 is 0. The van der Waals surface area contributed by atoms with Gasteiger partial charge in [0.05, 0.1) is 11.4 Å². The molecule has 0 fully saturated rings. The van der Waals surface area contributed by atoms with Gasteiger partial charge in [0, 0.05) is 19.8 Å². The van der Waals surface area contributed by atoms with E-state index in [-0.39, 0.29) is 0 Å². The van der Waals surface area contributed by atoms with Gasteiger partial charge in [-0.15, -0.1) is 5.11 Å². The summed E-state index contributed by atoms with van der Waals surface area (Å²) in [6.07, 6.45) is 0. The Balaban J connectivity index is 2.17. The van der Waals surface area contributed by atoms with Crippen LogP contribution in [-0.2, 0) is 0 Å². The zero-order valence-electron chi connectivity index (χ0n) is 10.5. The van der Waals surface area contributed by atoms with Gasteiger partial charge in [-0.25, -0.2) is 0 Å². The maximum absolute atomic E-state index is 5.79. The standard InChI is InChI=1S/C14H16N4/c1-18(2)12-9-7-11(8-10-12)16-17-14-6-4-3-5-13(14)15/h3-10H,15H2,1-2H3. The van der Waals surface area contributed by atoms with Crippen molar-refractivity contribution >= 4 is 22.7 Å². The third kappa shape index (κ3) is 2.85. The van der Waals surface area contributed by atoms with Crippen molar-refractivity contribution in [3.05, 3.63) is 48.5 Å². The van der Waals surface area contributed by atoms with Gasteiger partial charge in [0.25, 0.3) is 0 Å². The van der Waals surface area contributed by atoms with E-state index in [2.05, 4.69) is 10.2 Å². The predicted molar refractivity (Wildman–Crippen MR) is 75.8 cm³/mol. The van der Waals surface area contributed by atoms with Crippen molar-refractivity contribution in [2.75, 3.05) is 24.7 Å². The topological polar surface area (TPSA) is 54.0 Å². The number of nitrogens with two attached hydrogens (primary N) is 1. The highest BCUT2D eigenvalue weighted by Crippen LogP contribution is 2.24. The first-order valence-electron chi connectivity index (χ1n) is 5.70. The van der Waals surface area contributed by atoms with Crippen molar-refractivity contribution in [1.82, 2.24) is 0 Å². The average molecular weight is 240 g/mol. The smallest absolute Gasteiger partial charge is 0.109 e. The highest BCUT2D eigenvalue weighted by Gasteiger charge is 1.96. The average Bonchev–Trinajstić information content (AvgIpc) is 2.38. The minimum Gasteiger partial charge on any atom is -0.397 e. The Kier molecular flexibility index (Phi) is 3.57. The lowest BCUT2D eigenvalue weighted by Crippen LogP contribution is -2.07. The maximum atomic E-state index is 5.79. The molecule has 4 heteroatoms. The summed E-state index contributed by atoms with van der Waals surface area (Å²) in [7, 11) is 4.00. The number of nitrogen functional groups attached to an aromatic ring is 1. The Morgan fingerprint density at radius 1 is 0.889 bits per heavy atom. The van der Waals surface area contributed by atoms with Crippen LogP contribution in [0, 0.1) is 0 Å². The number of rotatable bonds is 3. The second-order valence-electron chi connectivity index (χ2n) is 4.17. The fourth-order valence-electron chi connectivity index (χ4n) is 1.51. The first-order chi connectivity index (χ1) is 8.66. The van der Waals surface area contributed by atoms with E-state index in [4.69, 9.17) is 5.73 Å². The van der Waals surface area contributed by atoms with Crippen LogP contribution in [-0.4, -0.2) is 14.1 Å². The minimum atomic E-state index is 0.631. The Bertz CT molecular complexity index is 544. The highest BCUT2D eigenvalue weighted by atomic mass is 15.1. The van der Waals surface area contributed by atoms with Gasteiger partial charge in [0.15, 0.2) is 0 Å². The molecule has 0 bridgehead atoms. The summed E-state index contributed by atoms with van der Waals surface area (Å²) in [6.45, 7) is 0. The molecule has 0 unspecified atom stereocenters. The summed E-state index contributed by atoms with van der Waals surface area (Å²) in [6, 6.07) is 15.3. The fraction of sp³-hybridized carbons (Fsp3) is 0.143. The van der Waals surface area contributed by atoms with Crippen LogP contribution < -0.4 is 10.6 Å². The molecule has 4 nitrogen and oxygen atoms in total. The zero-order valence-corrected chi connectivity index (χ0v) is 10.5. The number of para-hydroxylation sites is 1. The molecule has 0 saturated carbocycles. The molecule has 0 radical (unpaired) electrons. The number of hydrogen-bond donors (Lipinski definition) is 1. The summed E-state index contributed by atoms with van der Waals surface area (Å²) in [5, 5.41) is 8.30. The number of benzene rings is 2. The van der Waals surface area contributed by atoms with Crippen molar-refractivity contribution in [3.63, 3.8) is 0 Å². The minimum absolute atomic E-state index is 0.631. The molecule has 0 aliphatic heterocycles. The van der Waals surface area contributed by atoms with Gasteiger partial charge in [0.1, 0.15) is 5.69 Å². The van der Waals surface area contributed by atoms with Crippen molar-refractivity contribution in [2.45, 2.75) is 0 Å². The number of nitrogens with zero attached hydrogens (tertiary/aromatic N) is 3. The van der Waals surface area contributed by atoms with E-state index in [1.54, 1.807) is 0 Å². The third-order valence-corrected chi connectivity index (χ3v) is 2.58. The van der Waals surface area contributed by atoms with Crippen LogP contribution in [0.5, 0.6) is 0 Å². The molecular formula is C14H16N4. The highest BCUT2D eigenvalue weighted by molar-refractivity contribution is 5.61. The molecule has 0 heterocycles. The van der Waals surface area contributed by atoms with Crippen LogP contribution in [0.25, 0.3) is 0 Å². The van der Waals surface area contributed by atoms with Gasteiger partial charge in [-0.2, -0.15) is 5.11 Å². The van der Waals surface area contributed by atoms with Gasteiger partial charge in [-0.05, 0) is 36.4 Å². The van der Waals surface area contributed by atoms with Gasteiger partial charge >= 0.3 is 0 Å². The van der Waals surface area contributed by atoms with Crippen molar-refractivity contribution in [1.29, 1.82) is 0 Å². The number of azo groups is 1. The lowest BCUT2D eigenvalue weighted by Gasteiger charge is -2.11. The second-order valence-corrected chi connectivity index (χ2v) is 4.17. The van der Waals surface area contributed by atoms with E-state index in [0.717, 1.165) is 11.4 Å². The van der Waals surface area contributed by atoms with Crippen LogP contribution in [0.3, 0.4) is 0 Å². The van der Waals surface area contributed by atoms with E-state index < -0.39 is 0 Å². The molecule has 18 heavy (non-hydrogen) atoms. The molecule has 0 aromatic heterocycles. The molecule has 0 atom stereocenters. The lowest BCUT2D eigenvalue weighted by atomic mass is 10.3. The van der Waals surface area contributed by atoms with Crippen molar-refractivity contribution in [3.8, 4) is 0 Å². The fourth-order valence-corrected chi connectivity index (χ4v) is 1.51. The van der Waals surface area contributed by atoms with Crippen molar-refractivity contribution < 1.29 is 0 Å². The third-order valence-electron chi connectivity index (χ3n) is 2.58. The summed E-state index contributed by atoms with van der Waals surface area (Å²) in [5.41, 5.74) is 9.05. The predicted octanol–water partition coefficient (Wildman–Crippen LogP) is 3.75. The van der Waals surface area contributed by atoms with Crippen LogP contribution in [0.4, 0.5) is 22.7 Å². The van der Waals surface area contributed by atoms with E-state index in [9.17, 15) is 0 Å². The van der Waals surface area contributed by atoms with Crippen LogP contribution >= 0.6 is 0 Å². The molecule has 0 aliphatic carbocycles. The second kappa shape index (κ2) is 5.31. The molecule has 0 aliphatic rings. The lowest BCUT2D eigenvalue weighted by molar-refractivity contribution is 1.13. The molecule has 0 amide bonds. The van der Waals surface area contributed by atoms with Gasteiger partial charge in [-0.3, -0.25) is 0 Å². The van der Waals surface area contributed by atoms with E-state index in [0.29, 0.717) is 11.4 Å². The normalized spacial score (nSPS) is 10.8. The first-order valence-corrected chi connectivity index (χ1v) is 5.70. The molecule has 2 N–H and O–H groups in total. The van der Waals surface area contributed by atoms with Crippen LogP contribution in [0.2, 0.25) is 0 Å². The van der Waals surface area contributed by atoms with Crippen LogP contribution in [0.15, 0.2) is 58.8 Å². The zero-order chi connectivity index (χ0) is 13.0. The monoisotopic (exact) mass is 240 g/mol. The maximum Gasteiger partial charge on any atom is 0.109 e. The Hall–Kier alpha value is -2.36. The van der Waals surface area contributed by atoms with Gasteiger partial charge in [0.2, 0.25) is 0 Å². The van der Waals surface area contributed by atoms with Gasteiger partial charge in [-0.1, -0.05) is 12.1 Å². The van der Waals surface area contributed by atoms with E-state index in [1.807, 2.05) is 67.5 Å². The van der Waals surface area contributed by atoms with E-state index in [1.165, 1.54) is 0 Å². The number of hydrogen-bond acceptors (Lipinski definition) is 4. The summed E-state index contributed by atoms with van der Waals surface area (Å²) in [4.78, 5) is 2.04. The molecular weight excluding hydrogens is 224 g/mol. The Labute approximate surface area is 107 Å². The summed E-state index contributed by atoms with van der Waals surface area (Å²) in [5.74, 6) is 0. The Morgan fingerprint density at radius 3 is 2.17 bits per heavy atom. The van der Waals surface area contributed by atoms with Crippen molar-refractivity contribution in [2.24, 2.45) is 10.2 Å². The molecule has 92 valence electrons. The summed E-state index contributed by atoms with van der Waals surface area (Å²) >= 11 is 0. The van der Waals surface area contributed by atoms with E-state index >= 15 is 0 Å². The largest absolute Gasteiger partial charge is 0.397 e. The SMILES string of the molecule is CN(C)c1ccc(N=Nc2ccccc2N)cc1. The molecule has 0 saturated heterocycles. The number of anilines is 2. The van der Waals surface area contributed by atoms with Crippen LogP contribution in [0.1, 0.15) is 0 Å². The molecule has 2 aromatic rings. The van der Waals surface area contributed by atoms with Gasteiger partial charge < -0.3 is 10.6 Å². The quantitative estimate of drug-likeness (QED) is 0.656.